The lowest BCUT2D eigenvalue weighted by Crippen LogP contribution is -2.26. The third kappa shape index (κ3) is 24.7. The van der Waals surface area contributed by atoms with Gasteiger partial charge in [0, 0.05) is 0 Å². The lowest BCUT2D eigenvalue weighted by molar-refractivity contribution is 0.235. The normalized spacial score (nSPS) is 20.0. The molecule has 0 spiro atoms. The highest BCUT2D eigenvalue weighted by Crippen LogP contribution is 2.65. The molecule has 0 aromatic carbocycles. The van der Waals surface area contributed by atoms with Gasteiger partial charge in [0.2, 0.25) is 0 Å². The van der Waals surface area contributed by atoms with Crippen LogP contribution in [0.4, 0.5) is 0 Å². The summed E-state index contributed by atoms with van der Waals surface area (Å²) in [5, 5.41) is 0. The van der Waals surface area contributed by atoms with Crippen LogP contribution in [0.3, 0.4) is 0 Å². The van der Waals surface area contributed by atoms with Crippen molar-refractivity contribution in [3.63, 3.8) is 0 Å². The van der Waals surface area contributed by atoms with Crippen molar-refractivity contribution in [3.8, 4) is 0 Å². The number of hydrogen-bond donors (Lipinski definition) is 0. The van der Waals surface area contributed by atoms with E-state index in [4.69, 9.17) is 0 Å². The van der Waals surface area contributed by atoms with Crippen molar-refractivity contribution in [3.05, 3.63) is 73.4 Å². The highest BCUT2D eigenvalue weighted by atomic mass is 14.6. The summed E-state index contributed by atoms with van der Waals surface area (Å²) in [6.07, 6.45) is 13.6. The Morgan fingerprint density at radius 1 is 0.788 bits per heavy atom. The molecule has 52 heavy (non-hydrogen) atoms. The summed E-state index contributed by atoms with van der Waals surface area (Å²) in [5.74, 6) is 4.92. The molecule has 2 rings (SSSR count). The quantitative estimate of drug-likeness (QED) is 0.124. The Morgan fingerprint density at radius 3 is 1.42 bits per heavy atom. The fraction of sp³-hybridized carbons (Fsp3) is 0.769. The van der Waals surface area contributed by atoms with Crippen molar-refractivity contribution >= 4 is 0 Å². The highest BCUT2D eigenvalue weighted by Gasteiger charge is 2.59. The Morgan fingerprint density at radius 2 is 1.25 bits per heavy atom. The first-order valence-electron chi connectivity index (χ1n) is 21.3. The minimum Gasteiger partial charge on any atom is -0.103 e. The van der Waals surface area contributed by atoms with Crippen molar-refractivity contribution in [2.75, 3.05) is 0 Å². The van der Waals surface area contributed by atoms with Crippen LogP contribution in [-0.2, 0) is 0 Å². The minimum atomic E-state index is 0.391. The first-order chi connectivity index (χ1) is 23.3. The van der Waals surface area contributed by atoms with Crippen molar-refractivity contribution in [2.24, 2.45) is 63.1 Å². The van der Waals surface area contributed by atoms with Crippen molar-refractivity contribution in [2.45, 2.75) is 196 Å². The van der Waals surface area contributed by atoms with Gasteiger partial charge in [0.25, 0.3) is 0 Å². The molecule has 2 fully saturated rings. The summed E-state index contributed by atoms with van der Waals surface area (Å²) < 4.78 is 0. The average molecular weight is 723 g/mol. The zero-order valence-electron chi connectivity index (χ0n) is 39.7. The van der Waals surface area contributed by atoms with E-state index < -0.39 is 0 Å². The van der Waals surface area contributed by atoms with E-state index in [0.717, 1.165) is 29.7 Å². The van der Waals surface area contributed by atoms with E-state index in [2.05, 4.69) is 178 Å². The lowest BCUT2D eigenvalue weighted by Gasteiger charge is -2.37. The zero-order valence-corrected chi connectivity index (χ0v) is 39.7. The fourth-order valence-electron chi connectivity index (χ4n) is 7.45. The number of rotatable bonds is 14. The van der Waals surface area contributed by atoms with Crippen LogP contribution < -0.4 is 0 Å². The molecule has 0 saturated heterocycles. The van der Waals surface area contributed by atoms with Crippen molar-refractivity contribution in [1.29, 1.82) is 0 Å². The van der Waals surface area contributed by atoms with Gasteiger partial charge in [-0.1, -0.05) is 198 Å². The van der Waals surface area contributed by atoms with Crippen molar-refractivity contribution in [1.82, 2.24) is 0 Å². The van der Waals surface area contributed by atoms with Gasteiger partial charge in [0.1, 0.15) is 0 Å². The maximum atomic E-state index is 4.66. The topological polar surface area (TPSA) is 0 Å². The van der Waals surface area contributed by atoms with Gasteiger partial charge in [-0.2, -0.15) is 0 Å². The Kier molecular flexibility index (Phi) is 26.1. The SMILES string of the molecule is C=C(C)C(=C)C(CC1CCC1)C(C)C(=C)C(CC)C1C(CC)C1(C)C.C=C(C)CC(C)(C)C.C=C(C)CCC.C=CC(C)C(C)(C)C.CC(C)(C)C. The molecule has 0 heterocycles. The largest absolute Gasteiger partial charge is 0.103 e. The predicted octanol–water partition coefficient (Wildman–Crippen LogP) is 18.1. The summed E-state index contributed by atoms with van der Waals surface area (Å²) in [4.78, 5) is 0. The van der Waals surface area contributed by atoms with Crippen LogP contribution in [-0.4, -0.2) is 0 Å². The molecule has 0 bridgehead atoms. The molecular weight excluding hydrogens is 625 g/mol. The van der Waals surface area contributed by atoms with E-state index >= 15 is 0 Å². The molecule has 2 aliphatic carbocycles. The van der Waals surface area contributed by atoms with E-state index in [0.29, 0.717) is 45.3 Å². The molecule has 0 radical (unpaired) electrons. The van der Waals surface area contributed by atoms with Gasteiger partial charge in [-0.15, -0.1) is 19.7 Å². The molecule has 0 amide bonds. The zero-order chi connectivity index (χ0) is 42.0. The average Bonchev–Trinajstić information content (AvgIpc) is 3.49. The minimum absolute atomic E-state index is 0.391. The van der Waals surface area contributed by atoms with Crippen LogP contribution in [0.25, 0.3) is 0 Å². The van der Waals surface area contributed by atoms with Gasteiger partial charge in [-0.05, 0) is 115 Å². The number of allylic oxidation sites excluding steroid dienone is 6. The lowest BCUT2D eigenvalue weighted by atomic mass is 9.68. The fourth-order valence-corrected chi connectivity index (χ4v) is 7.45. The van der Waals surface area contributed by atoms with Crippen LogP contribution in [0.1, 0.15) is 196 Å². The molecule has 0 aliphatic heterocycles. The maximum absolute atomic E-state index is 4.66. The van der Waals surface area contributed by atoms with Gasteiger partial charge < -0.3 is 0 Å². The van der Waals surface area contributed by atoms with Crippen LogP contribution in [0.2, 0.25) is 0 Å². The van der Waals surface area contributed by atoms with Crippen molar-refractivity contribution < 1.29 is 0 Å². The second-order valence-electron chi connectivity index (χ2n) is 21.5. The summed E-state index contributed by atoms with van der Waals surface area (Å²) in [7, 11) is 0. The maximum Gasteiger partial charge on any atom is -0.00998 e. The second kappa shape index (κ2) is 24.8. The summed E-state index contributed by atoms with van der Waals surface area (Å²) in [6.45, 7) is 69.4. The molecule has 0 heteroatoms. The van der Waals surface area contributed by atoms with Crippen LogP contribution in [0, 0.1) is 63.1 Å². The Bertz CT molecular complexity index is 1060. The van der Waals surface area contributed by atoms with Crippen LogP contribution >= 0.6 is 0 Å². The third-order valence-electron chi connectivity index (χ3n) is 11.2. The monoisotopic (exact) mass is 723 g/mol. The van der Waals surface area contributed by atoms with E-state index in [-0.39, 0.29) is 0 Å². The summed E-state index contributed by atoms with van der Waals surface area (Å²) >= 11 is 0. The van der Waals surface area contributed by atoms with E-state index in [1.807, 2.05) is 6.08 Å². The predicted molar refractivity (Wildman–Crippen MR) is 245 cm³/mol. The first-order valence-corrected chi connectivity index (χ1v) is 21.3. The van der Waals surface area contributed by atoms with E-state index in [1.165, 1.54) is 73.7 Å². The summed E-state index contributed by atoms with van der Waals surface area (Å²) in [5.41, 5.74) is 8.30. The van der Waals surface area contributed by atoms with Gasteiger partial charge in [0.05, 0.1) is 0 Å². The molecule has 2 aliphatic rings. The summed E-state index contributed by atoms with van der Waals surface area (Å²) in [6, 6.07) is 0. The molecule has 6 unspecified atom stereocenters. The van der Waals surface area contributed by atoms with E-state index in [1.54, 1.807) is 0 Å². The standard InChI is InChI=1S/C25H42.2C8H16.C6H12.C5H12/c1-10-21(24-23(11-2)25(24,8)9)18(6)19(7)22(17(5)16(3)4)15-20-13-12-14-20;1-7(2)6-8(3,4)5;1-6-7(2)8(3,4)5;1-4-5-6(2)3;1-5(2,3)4/h19-24H,3,5-6,10-15H2,1-2,4,7-9H3;1,6H2,2-5H3;6-7H,1H2,2-5H3;2,4-5H2,1,3H3;1-4H3. The Balaban J connectivity index is -0.000000723. The molecule has 0 N–H and O–H groups in total. The second-order valence-corrected chi connectivity index (χ2v) is 21.5. The molecule has 6 atom stereocenters. The highest BCUT2D eigenvalue weighted by molar-refractivity contribution is 5.29. The van der Waals surface area contributed by atoms with Gasteiger partial charge in [0.15, 0.2) is 0 Å². The van der Waals surface area contributed by atoms with Gasteiger partial charge >= 0.3 is 0 Å². The van der Waals surface area contributed by atoms with Gasteiger partial charge in [-0.3, -0.25) is 0 Å². The van der Waals surface area contributed by atoms with Gasteiger partial charge in [-0.25, -0.2) is 0 Å². The Labute approximate surface area is 331 Å². The van der Waals surface area contributed by atoms with Crippen LogP contribution in [0.5, 0.6) is 0 Å². The third-order valence-corrected chi connectivity index (χ3v) is 11.2. The molecular formula is C52H98. The molecule has 0 aromatic rings. The van der Waals surface area contributed by atoms with Crippen LogP contribution in [0.15, 0.2) is 73.4 Å². The number of hydrogen-bond acceptors (Lipinski definition) is 0. The molecule has 2 saturated carbocycles. The first kappa shape index (κ1) is 54.8. The molecule has 306 valence electrons. The Hall–Kier alpha value is -1.56. The molecule has 0 aromatic heterocycles. The smallest absolute Gasteiger partial charge is 0.00998 e. The molecule has 0 nitrogen and oxygen atoms in total. The van der Waals surface area contributed by atoms with E-state index in [9.17, 15) is 0 Å².